The molecular formula is C87H92N8. The van der Waals surface area contributed by atoms with Gasteiger partial charge in [-0.2, -0.15) is 0 Å². The lowest BCUT2D eigenvalue weighted by molar-refractivity contribution is 1.35. The molecule has 8 heterocycles. The van der Waals surface area contributed by atoms with E-state index in [2.05, 4.69) is 173 Å². The van der Waals surface area contributed by atoms with E-state index < -0.39 is 0 Å². The van der Waals surface area contributed by atoms with Gasteiger partial charge in [0.25, 0.3) is 0 Å². The van der Waals surface area contributed by atoms with E-state index in [0.717, 1.165) is 109 Å². The van der Waals surface area contributed by atoms with Gasteiger partial charge >= 0.3 is 0 Å². The Kier molecular flexibility index (Phi) is 10.2. The molecule has 20 aromatic rings. The summed E-state index contributed by atoms with van der Waals surface area (Å²) in [5.74, 6) is 0. The topological polar surface area (TPSA) is 103 Å². The Bertz CT molecular complexity index is 5560. The maximum Gasteiger partial charge on any atom is 0.0802 e. The minimum atomic E-state index is 0.294. The lowest BCUT2D eigenvalue weighted by atomic mass is 9.94. The van der Waals surface area contributed by atoms with Crippen LogP contribution >= 0.6 is 0 Å². The highest BCUT2D eigenvalue weighted by Gasteiger charge is 2.14. The summed E-state index contributed by atoms with van der Waals surface area (Å²) in [5, 5.41) is 31.8. The van der Waals surface area contributed by atoms with Crippen LogP contribution in [0.4, 0.5) is 0 Å². The number of hydrogen-bond acceptors (Lipinski definition) is 8. The summed E-state index contributed by atoms with van der Waals surface area (Å²) in [4.78, 5) is 34.9. The van der Waals surface area contributed by atoms with Crippen LogP contribution in [0, 0.1) is 34.5 Å². The van der Waals surface area contributed by atoms with Crippen LogP contribution in [0.15, 0.2) is 287 Å². The van der Waals surface area contributed by atoms with E-state index in [1.165, 1.54) is 80.8 Å². The van der Waals surface area contributed by atoms with E-state index >= 15 is 0 Å². The number of aromatic nitrogens is 8. The second-order valence-corrected chi connectivity index (χ2v) is 23.8. The number of rotatable bonds is 0. The molecular weight excluding hydrogens is 1160 g/mol. The quantitative estimate of drug-likeness (QED) is 0.138. The minimum Gasteiger partial charge on any atom is -0.264 e. The third-order valence-corrected chi connectivity index (χ3v) is 18.0. The van der Waals surface area contributed by atoms with Crippen LogP contribution in [0.5, 0.6) is 0 Å². The van der Waals surface area contributed by atoms with Crippen molar-refractivity contribution in [3.05, 3.63) is 315 Å². The highest BCUT2D eigenvalue weighted by atomic mass is 14.7. The van der Waals surface area contributed by atoms with Gasteiger partial charge in [0.1, 0.15) is 0 Å². The van der Waals surface area contributed by atoms with Gasteiger partial charge < -0.3 is 0 Å². The van der Waals surface area contributed by atoms with Crippen LogP contribution in [-0.2, 0) is 0 Å². The van der Waals surface area contributed by atoms with Crippen molar-refractivity contribution in [1.29, 1.82) is 0 Å². The molecule has 12 aromatic carbocycles. The Morgan fingerprint density at radius 3 is 0.789 bits per heavy atom. The van der Waals surface area contributed by atoms with Gasteiger partial charge in [-0.15, -0.1) is 0 Å². The predicted octanol–water partition coefficient (Wildman–Crippen LogP) is 26.1. The summed E-state index contributed by atoms with van der Waals surface area (Å²) >= 11 is 0. The largest absolute Gasteiger partial charge is 0.264 e. The summed E-state index contributed by atoms with van der Waals surface area (Å²) < 4.78 is 188. The summed E-state index contributed by atoms with van der Waals surface area (Å²) in [5.41, 5.74) is 8.18. The van der Waals surface area contributed by atoms with Crippen LogP contribution in [0.3, 0.4) is 0 Å². The Labute approximate surface area is 601 Å². The molecule has 8 nitrogen and oxygen atoms in total. The molecule has 0 N–H and O–H groups in total. The number of aryl methyl sites for hydroxylation is 5. The molecule has 0 amide bonds. The Balaban J connectivity index is 0.000000756. The molecule has 8 aromatic heterocycles. The molecule has 0 aliphatic rings. The molecule has 0 saturated carbocycles. The number of pyridine rings is 8. The van der Waals surface area contributed by atoms with Crippen molar-refractivity contribution in [1.82, 2.24) is 39.9 Å². The zero-order valence-corrected chi connectivity index (χ0v) is 51.7. The Morgan fingerprint density at radius 2 is 0.411 bits per heavy atom. The van der Waals surface area contributed by atoms with Crippen molar-refractivity contribution in [3.8, 4) is 0 Å². The van der Waals surface area contributed by atoms with Crippen LogP contribution in [-0.4, -0.2) is 39.9 Å². The van der Waals surface area contributed by atoms with Gasteiger partial charge in [0, 0.05) is 186 Å². The normalized spacial score (nSPS) is 13.4. The molecule has 8 heteroatoms. The maximum atomic E-state index is 7.57. The maximum absolute atomic E-state index is 7.57. The molecule has 0 saturated heterocycles. The van der Waals surface area contributed by atoms with Gasteiger partial charge in [-0.3, -0.25) is 39.9 Å². The molecule has 0 unspecified atom stereocenters. The fourth-order valence-corrected chi connectivity index (χ4v) is 13.8. The smallest absolute Gasteiger partial charge is 0.0802 e. The van der Waals surface area contributed by atoms with Gasteiger partial charge in [-0.1, -0.05) is 186 Å². The van der Waals surface area contributed by atoms with E-state index in [9.17, 15) is 0 Å². The van der Waals surface area contributed by atoms with Crippen molar-refractivity contribution in [2.24, 2.45) is 0 Å². The molecule has 0 bridgehead atoms. The number of nitrogens with zero attached hydrogens (tertiary/aromatic N) is 8. The van der Waals surface area contributed by atoms with E-state index in [1.54, 1.807) is 6.20 Å². The zero-order chi connectivity index (χ0) is 97.6. The van der Waals surface area contributed by atoms with Gasteiger partial charge in [0.2, 0.25) is 0 Å². The minimum absolute atomic E-state index is 0.294. The second kappa shape index (κ2) is 24.4. The zero-order valence-electron chi connectivity index (χ0n) is 86.7. The van der Waals surface area contributed by atoms with Crippen molar-refractivity contribution >= 4 is 162 Å². The lowest BCUT2D eigenvalue weighted by Crippen LogP contribution is -1.87. The standard InChI is InChI=1S/2C18H13N.3C17H12N2.15H2/c1-12-8-9-14-13-5-2-3-6-15(13)18-16(17(14)11-12)7-4-10-19-18;1-12-6-7-15-13-4-2-3-5-14(13)16-8-9-19-11-18(16)17(15)10-12;1-11-2-3-12-13-4-6-18-9-16(13)17-10-19-7-5-14(17)15(12)8-11;1-11-4-5-12-13-6-8-18-10-16(13)17-14(15(12)9-11)3-2-7-19-17;1-11-4-5-12-13-3-2-7-19-17(13)14-6-8-18-10-16(14)15(12)9-11;;;;;;;;;;;;;;;/h2*2-11H,1H3;3*2-10H,1H3;15*1H/i5*1D;15*1+1D. The first kappa shape index (κ1) is 39.9. The van der Waals surface area contributed by atoms with Crippen molar-refractivity contribution < 1.29 is 51.4 Å². The van der Waals surface area contributed by atoms with Crippen molar-refractivity contribution in [3.63, 3.8) is 0 Å². The van der Waals surface area contributed by atoms with Crippen LogP contribution in [0.2, 0.25) is 0 Å². The molecule has 0 spiro atoms. The second-order valence-electron chi connectivity index (χ2n) is 23.8. The average Bonchev–Trinajstić information content (AvgIpc) is 0.773. The summed E-state index contributed by atoms with van der Waals surface area (Å²) in [6.45, 7) is 1.51. The Morgan fingerprint density at radius 1 is 0.200 bits per heavy atom. The van der Waals surface area contributed by atoms with Gasteiger partial charge in [0.15, 0.2) is 0 Å². The summed E-state index contributed by atoms with van der Waals surface area (Å²) in [7, 11) is 0. The van der Waals surface area contributed by atoms with E-state index in [4.69, 9.17) is 51.4 Å². The first-order chi connectivity index (χ1) is 64.4. The van der Waals surface area contributed by atoms with Crippen LogP contribution in [0.1, 0.15) is 79.2 Å². The van der Waals surface area contributed by atoms with E-state index in [0.29, 0.717) is 34.5 Å². The van der Waals surface area contributed by atoms with Gasteiger partial charge in [-0.25, -0.2) is 0 Å². The number of benzene rings is 12. The van der Waals surface area contributed by atoms with E-state index in [-0.39, 0.29) is 0 Å². The molecule has 0 fully saturated rings. The predicted molar refractivity (Wildman–Crippen MR) is 433 cm³/mol. The van der Waals surface area contributed by atoms with Gasteiger partial charge in [-0.05, 0) is 175 Å². The molecule has 0 atom stereocenters. The number of fused-ring (bicyclic) bond motifs is 30. The third kappa shape index (κ3) is 10.5. The Hall–Kier alpha value is -12.3. The highest BCUT2D eigenvalue weighted by Crippen LogP contribution is 2.39. The molecule has 20 rings (SSSR count). The third-order valence-electron chi connectivity index (χ3n) is 18.0. The fraction of sp³-hybridized carbons (Fsp3) is 0.0575. The first-order valence-corrected chi connectivity index (χ1v) is 31.3. The summed E-state index contributed by atoms with van der Waals surface area (Å²) in [6, 6.07) is 70.6. The molecule has 0 aliphatic heterocycles. The SMILES string of the molecule is [2H]Cc1ccc2c(c1)c1cccnc1c1cnccc21.[2H]Cc1ccc2c(c1)c1cnccc1c1ncccc21.[2H]Cc1ccc2c3ccccc3c3ccncc3c2c1.[2H]Cc1ccc2c3ccccc3c3ncccc3c2c1.[2H]Cc1ccc2c3ccncc3c3cnccc3c2c1.[2H][2H].[2H][2H].[2H][2H].[2H][2H].[2H][2H].[2H][2H].[2H][2H].[2H][2H].[2H][2H].[2H][2H].[2H][2H].[2H][2H].[2H][2H].[2H][2H].[2H][2H]. The lowest BCUT2D eigenvalue weighted by Gasteiger charge is -2.10. The average molecular weight is 1280 g/mol. The van der Waals surface area contributed by atoms with Crippen LogP contribution < -0.4 is 0 Å². The fourth-order valence-electron chi connectivity index (χ4n) is 13.8. The first-order valence-electron chi connectivity index (χ1n) is 49.8. The molecule has 95 heavy (non-hydrogen) atoms. The molecule has 0 aliphatic carbocycles. The molecule has 0 radical (unpaired) electrons. The van der Waals surface area contributed by atoms with Crippen LogP contribution in [0.25, 0.3) is 162 Å². The molecule has 480 valence electrons. The van der Waals surface area contributed by atoms with Crippen molar-refractivity contribution in [2.75, 3.05) is 0 Å². The summed E-state index contributed by atoms with van der Waals surface area (Å²) in [6.07, 6.45) is 24.1. The van der Waals surface area contributed by atoms with Crippen molar-refractivity contribution in [2.45, 2.75) is 34.5 Å². The van der Waals surface area contributed by atoms with E-state index in [1.807, 2.05) is 147 Å². The number of hydrogen-bond donors (Lipinski definition) is 0. The highest BCUT2D eigenvalue weighted by molar-refractivity contribution is 6.29. The monoisotopic (exact) mass is 1280 g/mol. The van der Waals surface area contributed by atoms with Gasteiger partial charge in [0.05, 0.1) is 16.6 Å².